The third-order valence-electron chi connectivity index (χ3n) is 2.78. The first-order valence-electron chi connectivity index (χ1n) is 5.88. The molecule has 7 heteroatoms. The first-order chi connectivity index (χ1) is 8.78. The van der Waals surface area contributed by atoms with Crippen molar-refractivity contribution in [2.24, 2.45) is 5.73 Å². The second kappa shape index (κ2) is 6.67. The van der Waals surface area contributed by atoms with Gasteiger partial charge < -0.3 is 10.6 Å². The van der Waals surface area contributed by atoms with E-state index in [9.17, 15) is 8.42 Å². The summed E-state index contributed by atoms with van der Waals surface area (Å²) in [6.07, 6.45) is 0. The first-order valence-corrected chi connectivity index (χ1v) is 7.70. The number of likely N-dealkylation sites (N-methyl/N-ethyl adjacent to an activating group) is 2. The molecule has 0 aliphatic rings. The maximum atomic E-state index is 12.4. The zero-order valence-corrected chi connectivity index (χ0v) is 13.0. The summed E-state index contributed by atoms with van der Waals surface area (Å²) in [6, 6.07) is 4.82. The van der Waals surface area contributed by atoms with Crippen LogP contribution < -0.4 is 5.73 Å². The molecule has 19 heavy (non-hydrogen) atoms. The molecule has 0 atom stereocenters. The SMILES string of the molecule is CN(C)CCN(C)S(=O)(=O)c1cc(CN)ccc1Cl. The summed E-state index contributed by atoms with van der Waals surface area (Å²) >= 11 is 5.99. The van der Waals surface area contributed by atoms with Gasteiger partial charge in [-0.3, -0.25) is 0 Å². The number of rotatable bonds is 6. The molecular formula is C12H20ClN3O2S. The lowest BCUT2D eigenvalue weighted by atomic mass is 10.2. The maximum absolute atomic E-state index is 12.4. The standard InChI is InChI=1S/C12H20ClN3O2S/c1-15(2)6-7-16(3)19(17,18)12-8-10(9-14)4-5-11(12)13/h4-5,8H,6-7,9,14H2,1-3H3. The lowest BCUT2D eigenvalue weighted by Gasteiger charge is -2.20. The highest BCUT2D eigenvalue weighted by Gasteiger charge is 2.23. The minimum atomic E-state index is -3.58. The second-order valence-electron chi connectivity index (χ2n) is 4.60. The topological polar surface area (TPSA) is 66.6 Å². The average Bonchev–Trinajstić information content (AvgIpc) is 2.36. The predicted molar refractivity (Wildman–Crippen MR) is 77.7 cm³/mol. The first kappa shape index (κ1) is 16.4. The van der Waals surface area contributed by atoms with Crippen LogP contribution >= 0.6 is 11.6 Å². The third-order valence-corrected chi connectivity index (χ3v) is 5.12. The highest BCUT2D eigenvalue weighted by Crippen LogP contribution is 2.25. The normalized spacial score (nSPS) is 12.4. The lowest BCUT2D eigenvalue weighted by Crippen LogP contribution is -2.33. The Balaban J connectivity index is 3.05. The van der Waals surface area contributed by atoms with Crippen molar-refractivity contribution in [1.29, 1.82) is 0 Å². The van der Waals surface area contributed by atoms with Crippen molar-refractivity contribution in [2.45, 2.75) is 11.4 Å². The minimum Gasteiger partial charge on any atom is -0.326 e. The van der Waals surface area contributed by atoms with Gasteiger partial charge in [-0.05, 0) is 31.8 Å². The summed E-state index contributed by atoms with van der Waals surface area (Å²) in [4.78, 5) is 2.03. The molecule has 0 aliphatic carbocycles. The highest BCUT2D eigenvalue weighted by atomic mass is 35.5. The van der Waals surface area contributed by atoms with E-state index in [1.807, 2.05) is 19.0 Å². The molecule has 5 nitrogen and oxygen atoms in total. The van der Waals surface area contributed by atoms with Crippen molar-refractivity contribution < 1.29 is 8.42 Å². The molecule has 0 amide bonds. The zero-order chi connectivity index (χ0) is 14.6. The van der Waals surface area contributed by atoms with Crippen LogP contribution in [0.25, 0.3) is 0 Å². The summed E-state index contributed by atoms with van der Waals surface area (Å²) in [5.41, 5.74) is 6.27. The number of hydrogen-bond acceptors (Lipinski definition) is 4. The highest BCUT2D eigenvalue weighted by molar-refractivity contribution is 7.89. The molecule has 2 N–H and O–H groups in total. The van der Waals surface area contributed by atoms with Crippen molar-refractivity contribution in [3.8, 4) is 0 Å². The molecule has 0 aromatic heterocycles. The maximum Gasteiger partial charge on any atom is 0.244 e. The fourth-order valence-corrected chi connectivity index (χ4v) is 3.18. The van der Waals surface area contributed by atoms with Crippen LogP contribution in [-0.2, 0) is 16.6 Å². The van der Waals surface area contributed by atoms with Gasteiger partial charge in [-0.15, -0.1) is 0 Å². The van der Waals surface area contributed by atoms with Crippen molar-refractivity contribution in [2.75, 3.05) is 34.2 Å². The van der Waals surface area contributed by atoms with Crippen molar-refractivity contribution >= 4 is 21.6 Å². The fourth-order valence-electron chi connectivity index (χ4n) is 1.50. The van der Waals surface area contributed by atoms with E-state index in [1.54, 1.807) is 19.2 Å². The van der Waals surface area contributed by atoms with E-state index in [0.717, 1.165) is 5.56 Å². The summed E-state index contributed by atoms with van der Waals surface area (Å²) in [5.74, 6) is 0. The van der Waals surface area contributed by atoms with Gasteiger partial charge in [0.2, 0.25) is 10.0 Å². The van der Waals surface area contributed by atoms with Gasteiger partial charge in [0.25, 0.3) is 0 Å². The Bertz CT molecular complexity index is 532. The predicted octanol–water partition coefficient (Wildman–Crippen LogP) is 0.981. The summed E-state index contributed by atoms with van der Waals surface area (Å²) in [5, 5.41) is 0.217. The van der Waals surface area contributed by atoms with E-state index >= 15 is 0 Å². The van der Waals surface area contributed by atoms with Crippen LogP contribution in [0.4, 0.5) is 0 Å². The van der Waals surface area contributed by atoms with Crippen molar-refractivity contribution in [3.63, 3.8) is 0 Å². The zero-order valence-electron chi connectivity index (χ0n) is 11.4. The van der Waals surface area contributed by atoms with Crippen LogP contribution in [0.15, 0.2) is 23.1 Å². The lowest BCUT2D eigenvalue weighted by molar-refractivity contribution is 0.358. The molecule has 0 heterocycles. The monoisotopic (exact) mass is 305 g/mol. The molecule has 108 valence electrons. The molecule has 1 rings (SSSR count). The van der Waals surface area contributed by atoms with Gasteiger partial charge in [-0.1, -0.05) is 17.7 Å². The van der Waals surface area contributed by atoms with Crippen LogP contribution in [0.3, 0.4) is 0 Å². The van der Waals surface area contributed by atoms with E-state index in [-0.39, 0.29) is 16.5 Å². The Kier molecular flexibility index (Phi) is 5.76. The van der Waals surface area contributed by atoms with Gasteiger partial charge in [-0.25, -0.2) is 8.42 Å². The molecule has 0 unspecified atom stereocenters. The smallest absolute Gasteiger partial charge is 0.244 e. The Hall–Kier alpha value is -0.660. The van der Waals surface area contributed by atoms with Crippen LogP contribution in [0.2, 0.25) is 5.02 Å². The molecule has 0 spiro atoms. The van der Waals surface area contributed by atoms with Gasteiger partial charge in [-0.2, -0.15) is 4.31 Å². The number of hydrogen-bond donors (Lipinski definition) is 1. The van der Waals surface area contributed by atoms with Gasteiger partial charge in [0, 0.05) is 26.7 Å². The average molecular weight is 306 g/mol. The fraction of sp³-hybridized carbons (Fsp3) is 0.500. The minimum absolute atomic E-state index is 0.110. The van der Waals surface area contributed by atoms with Crippen LogP contribution in [0.5, 0.6) is 0 Å². The summed E-state index contributed by atoms with van der Waals surface area (Å²) in [7, 11) is 1.75. The number of nitrogens with two attached hydrogens (primary N) is 1. The van der Waals surface area contributed by atoms with Gasteiger partial charge >= 0.3 is 0 Å². The molecule has 0 saturated carbocycles. The van der Waals surface area contributed by atoms with E-state index in [4.69, 9.17) is 17.3 Å². The van der Waals surface area contributed by atoms with Crippen LogP contribution in [0, 0.1) is 0 Å². The quantitative estimate of drug-likeness (QED) is 0.851. The van der Waals surface area contributed by atoms with Crippen molar-refractivity contribution in [1.82, 2.24) is 9.21 Å². The molecule has 0 radical (unpaired) electrons. The van der Waals surface area contributed by atoms with Gasteiger partial charge in [0.05, 0.1) is 5.02 Å². The molecule has 1 aromatic carbocycles. The summed E-state index contributed by atoms with van der Waals surface area (Å²) < 4.78 is 26.1. The largest absolute Gasteiger partial charge is 0.326 e. The van der Waals surface area contributed by atoms with Gasteiger partial charge in [0.1, 0.15) is 4.90 Å². The van der Waals surface area contributed by atoms with Crippen molar-refractivity contribution in [3.05, 3.63) is 28.8 Å². The molecule has 0 fully saturated rings. The molecule has 1 aromatic rings. The molecule has 0 aliphatic heterocycles. The Morgan fingerprint density at radius 2 is 1.84 bits per heavy atom. The van der Waals surface area contributed by atoms with E-state index in [1.165, 1.54) is 10.4 Å². The number of nitrogens with zero attached hydrogens (tertiary/aromatic N) is 2. The van der Waals surface area contributed by atoms with Gasteiger partial charge in [0.15, 0.2) is 0 Å². The molecule has 0 saturated heterocycles. The molecule has 0 bridgehead atoms. The van der Waals surface area contributed by atoms with E-state index in [2.05, 4.69) is 0 Å². The van der Waals surface area contributed by atoms with Crippen LogP contribution in [0.1, 0.15) is 5.56 Å². The summed E-state index contributed by atoms with van der Waals surface area (Å²) in [6.45, 7) is 1.32. The Morgan fingerprint density at radius 1 is 1.21 bits per heavy atom. The number of benzene rings is 1. The van der Waals surface area contributed by atoms with E-state index in [0.29, 0.717) is 13.1 Å². The number of sulfonamides is 1. The van der Waals surface area contributed by atoms with Crippen LogP contribution in [-0.4, -0.2) is 51.9 Å². The Labute approximate surface area is 120 Å². The second-order valence-corrected chi connectivity index (χ2v) is 7.02. The number of halogens is 1. The third kappa shape index (κ3) is 4.15. The Morgan fingerprint density at radius 3 is 2.37 bits per heavy atom. The molecular weight excluding hydrogens is 286 g/mol. The van der Waals surface area contributed by atoms with E-state index < -0.39 is 10.0 Å².